The number of hydrogen-bond donors (Lipinski definition) is 1. The maximum absolute atomic E-state index is 5.45. The van der Waals surface area contributed by atoms with Gasteiger partial charge in [0, 0.05) is 19.3 Å². The molecule has 1 N–H and O–H groups in total. The molecule has 1 rings (SSSR count). The second-order valence-corrected chi connectivity index (χ2v) is 6.95. The van der Waals surface area contributed by atoms with E-state index in [2.05, 4.69) is 40.1 Å². The third kappa shape index (κ3) is 5.87. The fraction of sp³-hybridized carbons (Fsp3) is 1.00. The maximum atomic E-state index is 5.45. The van der Waals surface area contributed by atoms with E-state index in [0.717, 1.165) is 25.0 Å². The molecule has 2 unspecified atom stereocenters. The summed E-state index contributed by atoms with van der Waals surface area (Å²) in [5.74, 6) is 1.62. The Bertz CT molecular complexity index is 203. The average molecular weight is 241 g/mol. The normalized spacial score (nSPS) is 22.4. The van der Waals surface area contributed by atoms with Gasteiger partial charge in [0.2, 0.25) is 0 Å². The van der Waals surface area contributed by atoms with E-state index in [1.54, 1.807) is 0 Å². The third-order valence-electron chi connectivity index (χ3n) is 3.82. The Morgan fingerprint density at radius 3 is 2.29 bits per heavy atom. The number of nitrogens with one attached hydrogen (secondary N) is 1. The highest BCUT2D eigenvalue weighted by Crippen LogP contribution is 2.29. The van der Waals surface area contributed by atoms with Crippen molar-refractivity contribution in [1.82, 2.24) is 5.32 Å². The van der Waals surface area contributed by atoms with Crippen molar-refractivity contribution in [1.29, 1.82) is 0 Å². The lowest BCUT2D eigenvalue weighted by Crippen LogP contribution is -2.38. The van der Waals surface area contributed by atoms with Crippen molar-refractivity contribution in [3.05, 3.63) is 0 Å². The largest absolute Gasteiger partial charge is 0.381 e. The molecular formula is C15H31NO. The minimum atomic E-state index is 0.452. The molecule has 2 atom stereocenters. The predicted molar refractivity (Wildman–Crippen MR) is 74.2 cm³/mol. The van der Waals surface area contributed by atoms with Crippen molar-refractivity contribution in [2.45, 2.75) is 59.4 Å². The van der Waals surface area contributed by atoms with E-state index in [9.17, 15) is 0 Å². The van der Waals surface area contributed by atoms with Gasteiger partial charge in [-0.25, -0.2) is 0 Å². The zero-order chi connectivity index (χ0) is 12.9. The first-order chi connectivity index (χ1) is 7.92. The van der Waals surface area contributed by atoms with Crippen molar-refractivity contribution in [3.63, 3.8) is 0 Å². The second kappa shape index (κ2) is 6.75. The Balaban J connectivity index is 2.39. The Kier molecular flexibility index (Phi) is 5.94. The van der Waals surface area contributed by atoms with Crippen molar-refractivity contribution >= 4 is 0 Å². The summed E-state index contributed by atoms with van der Waals surface area (Å²) in [5, 5.41) is 3.53. The molecule has 1 aliphatic heterocycles. The number of ether oxygens (including phenoxy) is 1. The van der Waals surface area contributed by atoms with E-state index in [0.29, 0.717) is 11.5 Å². The van der Waals surface area contributed by atoms with Gasteiger partial charge in [0.25, 0.3) is 0 Å². The van der Waals surface area contributed by atoms with Gasteiger partial charge in [0.15, 0.2) is 0 Å². The minimum absolute atomic E-state index is 0.452. The summed E-state index contributed by atoms with van der Waals surface area (Å²) in [7, 11) is 2.12. The van der Waals surface area contributed by atoms with E-state index in [1.165, 1.54) is 25.7 Å². The van der Waals surface area contributed by atoms with Gasteiger partial charge in [-0.3, -0.25) is 0 Å². The molecule has 0 aliphatic carbocycles. The molecule has 2 nitrogen and oxygen atoms in total. The van der Waals surface area contributed by atoms with Crippen LogP contribution >= 0.6 is 0 Å². The quantitative estimate of drug-likeness (QED) is 0.796. The van der Waals surface area contributed by atoms with Crippen molar-refractivity contribution < 1.29 is 4.74 Å². The van der Waals surface area contributed by atoms with Gasteiger partial charge in [-0.1, -0.05) is 27.7 Å². The van der Waals surface area contributed by atoms with Crippen LogP contribution in [0.1, 0.15) is 53.4 Å². The zero-order valence-corrected chi connectivity index (χ0v) is 12.4. The van der Waals surface area contributed by atoms with E-state index >= 15 is 0 Å². The minimum Gasteiger partial charge on any atom is -0.381 e. The third-order valence-corrected chi connectivity index (χ3v) is 3.82. The Morgan fingerprint density at radius 2 is 1.82 bits per heavy atom. The van der Waals surface area contributed by atoms with Gasteiger partial charge in [0.05, 0.1) is 0 Å². The number of hydrogen-bond acceptors (Lipinski definition) is 2. The second-order valence-electron chi connectivity index (χ2n) is 6.95. The molecular weight excluding hydrogens is 210 g/mol. The molecule has 0 aromatic heterocycles. The van der Waals surface area contributed by atoms with Crippen LogP contribution in [0.5, 0.6) is 0 Å². The summed E-state index contributed by atoms with van der Waals surface area (Å²) in [6.07, 6.45) is 5.08. The van der Waals surface area contributed by atoms with Gasteiger partial charge in [-0.05, 0) is 50.0 Å². The van der Waals surface area contributed by atoms with Crippen LogP contribution in [-0.4, -0.2) is 26.3 Å². The number of rotatable bonds is 5. The molecule has 1 saturated heterocycles. The van der Waals surface area contributed by atoms with Crippen LogP contribution in [0.15, 0.2) is 0 Å². The Morgan fingerprint density at radius 1 is 1.24 bits per heavy atom. The van der Waals surface area contributed by atoms with Crippen LogP contribution in [0.2, 0.25) is 0 Å². The summed E-state index contributed by atoms with van der Waals surface area (Å²) >= 11 is 0. The summed E-state index contributed by atoms with van der Waals surface area (Å²) in [6, 6.07) is 0.677. The van der Waals surface area contributed by atoms with Crippen LogP contribution in [0.3, 0.4) is 0 Å². The van der Waals surface area contributed by atoms with Gasteiger partial charge >= 0.3 is 0 Å². The predicted octanol–water partition coefficient (Wildman–Crippen LogP) is 3.46. The van der Waals surface area contributed by atoms with Crippen molar-refractivity contribution in [2.75, 3.05) is 20.3 Å². The smallest absolute Gasteiger partial charge is 0.0469 e. The lowest BCUT2D eigenvalue weighted by Gasteiger charge is -2.33. The zero-order valence-electron chi connectivity index (χ0n) is 12.4. The first-order valence-electron chi connectivity index (χ1n) is 7.17. The summed E-state index contributed by atoms with van der Waals surface area (Å²) in [4.78, 5) is 0. The lowest BCUT2D eigenvalue weighted by atomic mass is 9.79. The van der Waals surface area contributed by atoms with Gasteiger partial charge in [-0.2, -0.15) is 0 Å². The lowest BCUT2D eigenvalue weighted by molar-refractivity contribution is 0.0506. The first-order valence-corrected chi connectivity index (χ1v) is 7.17. The molecule has 0 radical (unpaired) electrons. The molecule has 0 spiro atoms. The highest BCUT2D eigenvalue weighted by molar-refractivity contribution is 4.80. The average Bonchev–Trinajstić information content (AvgIpc) is 2.24. The van der Waals surface area contributed by atoms with E-state index < -0.39 is 0 Å². The van der Waals surface area contributed by atoms with Crippen LogP contribution in [-0.2, 0) is 4.74 Å². The van der Waals surface area contributed by atoms with E-state index in [1.807, 2.05) is 0 Å². The summed E-state index contributed by atoms with van der Waals surface area (Å²) in [6.45, 7) is 11.3. The molecule has 17 heavy (non-hydrogen) atoms. The summed E-state index contributed by atoms with van der Waals surface area (Å²) in [5.41, 5.74) is 0.452. The molecule has 0 amide bonds. The van der Waals surface area contributed by atoms with E-state index in [4.69, 9.17) is 4.74 Å². The van der Waals surface area contributed by atoms with Crippen LogP contribution < -0.4 is 5.32 Å². The van der Waals surface area contributed by atoms with Gasteiger partial charge in [-0.15, -0.1) is 0 Å². The van der Waals surface area contributed by atoms with Crippen LogP contribution in [0, 0.1) is 17.3 Å². The first kappa shape index (κ1) is 15.0. The van der Waals surface area contributed by atoms with E-state index in [-0.39, 0.29) is 0 Å². The van der Waals surface area contributed by atoms with Crippen molar-refractivity contribution in [3.8, 4) is 0 Å². The van der Waals surface area contributed by atoms with Crippen molar-refractivity contribution in [2.24, 2.45) is 17.3 Å². The Hall–Kier alpha value is -0.0800. The molecule has 2 heteroatoms. The van der Waals surface area contributed by atoms with Crippen LogP contribution in [0.4, 0.5) is 0 Å². The fourth-order valence-corrected chi connectivity index (χ4v) is 3.23. The molecule has 0 aromatic carbocycles. The summed E-state index contributed by atoms with van der Waals surface area (Å²) < 4.78 is 5.45. The molecule has 0 aromatic rings. The molecule has 0 bridgehead atoms. The molecule has 1 aliphatic rings. The molecule has 1 heterocycles. The standard InChI is InChI=1S/C15H31NO/c1-12(11-15(2,3)4)10-14(16-5)13-6-8-17-9-7-13/h12-14,16H,6-11H2,1-5H3. The SMILES string of the molecule is CNC(CC(C)CC(C)(C)C)C1CCOCC1. The topological polar surface area (TPSA) is 21.3 Å². The molecule has 1 fully saturated rings. The van der Waals surface area contributed by atoms with Crippen LogP contribution in [0.25, 0.3) is 0 Å². The highest BCUT2D eigenvalue weighted by Gasteiger charge is 2.25. The maximum Gasteiger partial charge on any atom is 0.0469 e. The Labute approximate surface area is 108 Å². The van der Waals surface area contributed by atoms with Gasteiger partial charge < -0.3 is 10.1 Å². The molecule has 102 valence electrons. The highest BCUT2D eigenvalue weighted by atomic mass is 16.5. The van der Waals surface area contributed by atoms with Gasteiger partial charge in [0.1, 0.15) is 0 Å². The molecule has 0 saturated carbocycles. The fourth-order valence-electron chi connectivity index (χ4n) is 3.23. The monoisotopic (exact) mass is 241 g/mol.